The highest BCUT2D eigenvalue weighted by atomic mass is 127. The van der Waals surface area contributed by atoms with Gasteiger partial charge in [0.1, 0.15) is 0 Å². The summed E-state index contributed by atoms with van der Waals surface area (Å²) in [6.45, 7) is 4.56. The summed E-state index contributed by atoms with van der Waals surface area (Å²) in [6, 6.07) is 0.711. The molecule has 0 fully saturated rings. The number of hydrogen-bond donors (Lipinski definition) is 1. The molecule has 62 valence electrons. The normalized spacial score (nSPS) is 16.8. The lowest BCUT2D eigenvalue weighted by Crippen LogP contribution is -2.28. The zero-order chi connectivity index (χ0) is 7.98. The molecule has 0 bridgehead atoms. The molecular weight excluding hydrogens is 352 g/mol. The first-order valence-electron chi connectivity index (χ1n) is 3.68. The maximum Gasteiger partial charge on any atom is 0.0196 e. The Kier molecular flexibility index (Phi) is 8.10. The average molecular weight is 367 g/mol. The second-order valence-electron chi connectivity index (χ2n) is 2.58. The van der Waals surface area contributed by atoms with Gasteiger partial charge in [0.05, 0.1) is 0 Å². The van der Waals surface area contributed by atoms with Crippen molar-refractivity contribution < 1.29 is 0 Å². The zero-order valence-corrected chi connectivity index (χ0v) is 10.8. The first-order valence-corrected chi connectivity index (χ1v) is 6.28. The maximum atomic E-state index is 3.32. The smallest absolute Gasteiger partial charge is 0.0196 e. The van der Waals surface area contributed by atoms with Gasteiger partial charge in [-0.2, -0.15) is 0 Å². The summed E-state index contributed by atoms with van der Waals surface area (Å²) >= 11 is 4.69. The third kappa shape index (κ3) is 4.33. The molecule has 0 rings (SSSR count). The summed E-state index contributed by atoms with van der Waals surface area (Å²) in [6.07, 6.45) is 2.57. The molecule has 0 aliphatic heterocycles. The van der Waals surface area contributed by atoms with Crippen molar-refractivity contribution in [3.63, 3.8) is 0 Å². The molecule has 0 heterocycles. The van der Waals surface area contributed by atoms with E-state index in [0.717, 1.165) is 5.92 Å². The molecule has 0 amide bonds. The van der Waals surface area contributed by atoms with Gasteiger partial charge >= 0.3 is 0 Å². The zero-order valence-electron chi connectivity index (χ0n) is 6.53. The molecule has 0 aromatic carbocycles. The van der Waals surface area contributed by atoms with E-state index < -0.39 is 0 Å². The lowest BCUT2D eigenvalue weighted by atomic mass is 9.98. The summed E-state index contributed by atoms with van der Waals surface area (Å²) < 4.78 is 4.57. The van der Waals surface area contributed by atoms with Crippen LogP contribution in [0, 0.1) is 5.92 Å². The van der Waals surface area contributed by atoms with Crippen molar-refractivity contribution in [2.45, 2.75) is 32.7 Å². The Morgan fingerprint density at radius 3 is 2.40 bits per heavy atom. The van der Waals surface area contributed by atoms with Gasteiger partial charge in [-0.1, -0.05) is 42.9 Å². The maximum absolute atomic E-state index is 3.32. The van der Waals surface area contributed by atoms with Gasteiger partial charge in [0.2, 0.25) is 0 Å². The van der Waals surface area contributed by atoms with E-state index in [9.17, 15) is 0 Å². The number of alkyl halides is 1. The van der Waals surface area contributed by atoms with Crippen molar-refractivity contribution >= 4 is 45.5 Å². The van der Waals surface area contributed by atoms with Gasteiger partial charge < -0.3 is 0 Å². The van der Waals surface area contributed by atoms with Gasteiger partial charge in [-0.05, 0) is 12.3 Å². The quantitative estimate of drug-likeness (QED) is 0.447. The minimum absolute atomic E-state index is 0.711. The fraction of sp³-hybridized carbons (Fsp3) is 1.00. The monoisotopic (exact) mass is 367 g/mol. The molecule has 1 N–H and O–H groups in total. The second kappa shape index (κ2) is 7.09. The fourth-order valence-corrected chi connectivity index (χ4v) is 2.44. The Bertz CT molecular complexity index is 78.0. The Balaban J connectivity index is 3.56. The molecule has 0 radical (unpaired) electrons. The van der Waals surface area contributed by atoms with Crippen LogP contribution in [0.1, 0.15) is 26.7 Å². The molecular formula is C7H15I2N. The van der Waals surface area contributed by atoms with Crippen molar-refractivity contribution in [3.05, 3.63) is 0 Å². The van der Waals surface area contributed by atoms with Crippen molar-refractivity contribution in [2.24, 2.45) is 5.92 Å². The predicted molar refractivity (Wildman–Crippen MR) is 63.9 cm³/mol. The Labute approximate surface area is 91.4 Å². The van der Waals surface area contributed by atoms with Crippen molar-refractivity contribution in [3.8, 4) is 0 Å². The summed E-state index contributed by atoms with van der Waals surface area (Å²) in [5.41, 5.74) is 0. The van der Waals surface area contributed by atoms with E-state index in [1.165, 1.54) is 17.3 Å². The van der Waals surface area contributed by atoms with Crippen LogP contribution in [0.5, 0.6) is 0 Å². The van der Waals surface area contributed by atoms with Crippen LogP contribution in [0.25, 0.3) is 0 Å². The first-order chi connectivity index (χ1) is 4.76. The molecule has 0 aliphatic carbocycles. The summed E-state index contributed by atoms with van der Waals surface area (Å²) in [4.78, 5) is 0. The van der Waals surface area contributed by atoms with Gasteiger partial charge in [-0.15, -0.1) is 0 Å². The van der Waals surface area contributed by atoms with Crippen LogP contribution < -0.4 is 3.53 Å². The minimum atomic E-state index is 0.711. The number of nitrogens with one attached hydrogen (secondary N) is 1. The lowest BCUT2D eigenvalue weighted by molar-refractivity contribution is 0.423. The molecule has 3 heteroatoms. The number of rotatable bonds is 5. The van der Waals surface area contributed by atoms with Crippen LogP contribution in [0.2, 0.25) is 0 Å². The summed E-state index contributed by atoms with van der Waals surface area (Å²) in [5.74, 6) is 0.812. The SMILES string of the molecule is CCC(C)C(CCI)NI. The van der Waals surface area contributed by atoms with Crippen molar-refractivity contribution in [1.82, 2.24) is 3.53 Å². The van der Waals surface area contributed by atoms with E-state index in [1.54, 1.807) is 0 Å². The Morgan fingerprint density at radius 1 is 1.50 bits per heavy atom. The largest absolute Gasteiger partial charge is 0.258 e. The fourth-order valence-electron chi connectivity index (χ4n) is 0.849. The highest BCUT2D eigenvalue weighted by Gasteiger charge is 2.12. The van der Waals surface area contributed by atoms with Crippen LogP contribution in [0.15, 0.2) is 0 Å². The van der Waals surface area contributed by atoms with Crippen molar-refractivity contribution in [1.29, 1.82) is 0 Å². The third-order valence-corrected chi connectivity index (χ3v) is 3.31. The van der Waals surface area contributed by atoms with Crippen LogP contribution >= 0.6 is 45.5 Å². The summed E-state index contributed by atoms with van der Waals surface area (Å²) in [7, 11) is 0. The number of hydrogen-bond acceptors (Lipinski definition) is 1. The van der Waals surface area contributed by atoms with Gasteiger partial charge in [0.15, 0.2) is 0 Å². The molecule has 2 atom stereocenters. The highest BCUT2D eigenvalue weighted by Crippen LogP contribution is 2.13. The van der Waals surface area contributed by atoms with E-state index >= 15 is 0 Å². The van der Waals surface area contributed by atoms with E-state index in [0.29, 0.717) is 6.04 Å². The van der Waals surface area contributed by atoms with Gasteiger partial charge in [-0.25, -0.2) is 0 Å². The molecule has 0 spiro atoms. The average Bonchev–Trinajstić information content (AvgIpc) is 1.99. The highest BCUT2D eigenvalue weighted by molar-refractivity contribution is 14.1. The van der Waals surface area contributed by atoms with Gasteiger partial charge in [-0.3, -0.25) is 3.53 Å². The second-order valence-corrected chi connectivity index (χ2v) is 4.28. The molecule has 0 saturated carbocycles. The third-order valence-electron chi connectivity index (χ3n) is 1.89. The van der Waals surface area contributed by atoms with Crippen LogP contribution in [0.3, 0.4) is 0 Å². The predicted octanol–water partition coefficient (Wildman–Crippen LogP) is 3.17. The Morgan fingerprint density at radius 2 is 2.10 bits per heavy atom. The molecule has 10 heavy (non-hydrogen) atoms. The standard InChI is InChI=1S/C7H15I2N/c1-3-6(2)7(10-9)4-5-8/h6-7,10H,3-5H2,1-2H3. The molecule has 0 aromatic heterocycles. The van der Waals surface area contributed by atoms with E-state index in [-0.39, 0.29) is 0 Å². The van der Waals surface area contributed by atoms with Gasteiger partial charge in [0.25, 0.3) is 0 Å². The van der Waals surface area contributed by atoms with E-state index in [1.807, 2.05) is 0 Å². The summed E-state index contributed by atoms with van der Waals surface area (Å²) in [5, 5.41) is 0. The molecule has 0 aliphatic rings. The molecule has 2 unspecified atom stereocenters. The molecule has 0 saturated heterocycles. The Hall–Kier alpha value is 1.42. The van der Waals surface area contributed by atoms with Crippen LogP contribution in [0.4, 0.5) is 0 Å². The van der Waals surface area contributed by atoms with Gasteiger partial charge in [0, 0.05) is 33.3 Å². The van der Waals surface area contributed by atoms with Crippen LogP contribution in [-0.4, -0.2) is 10.5 Å². The topological polar surface area (TPSA) is 12.0 Å². The van der Waals surface area contributed by atoms with E-state index in [4.69, 9.17) is 0 Å². The lowest BCUT2D eigenvalue weighted by Gasteiger charge is -2.19. The number of halogens is 2. The first kappa shape index (κ1) is 11.4. The van der Waals surface area contributed by atoms with Crippen LogP contribution in [-0.2, 0) is 0 Å². The molecule has 1 nitrogen and oxygen atoms in total. The molecule has 0 aromatic rings. The minimum Gasteiger partial charge on any atom is -0.258 e. The van der Waals surface area contributed by atoms with Crippen molar-refractivity contribution in [2.75, 3.05) is 4.43 Å². The van der Waals surface area contributed by atoms with E-state index in [2.05, 4.69) is 62.8 Å².